The Balaban J connectivity index is 1.53. The minimum Gasteiger partial charge on any atom is -0.311 e. The average molecular weight is 327 g/mol. The molecule has 1 aromatic heterocycles. The Morgan fingerprint density at radius 3 is 2.67 bits per heavy atom. The van der Waals surface area contributed by atoms with Gasteiger partial charge in [0.25, 0.3) is 0 Å². The molecule has 2 aromatic rings. The van der Waals surface area contributed by atoms with Crippen LogP contribution in [0, 0.1) is 6.92 Å². The largest absolute Gasteiger partial charge is 0.311 e. The van der Waals surface area contributed by atoms with E-state index in [2.05, 4.69) is 64.5 Å². The van der Waals surface area contributed by atoms with Crippen LogP contribution in [0.4, 0.5) is 0 Å². The lowest BCUT2D eigenvalue weighted by Crippen LogP contribution is -2.48. The van der Waals surface area contributed by atoms with Gasteiger partial charge in [-0.1, -0.05) is 30.3 Å². The molecular formula is C19H29N5. The molecule has 2 heterocycles. The topological polar surface area (TPSA) is 36.3 Å². The molecule has 1 fully saturated rings. The van der Waals surface area contributed by atoms with Gasteiger partial charge < -0.3 is 10.2 Å². The molecule has 5 heteroatoms. The highest BCUT2D eigenvalue weighted by atomic mass is 15.3. The molecule has 0 saturated carbocycles. The van der Waals surface area contributed by atoms with Gasteiger partial charge in [0.15, 0.2) is 0 Å². The molecule has 0 bridgehead atoms. The van der Waals surface area contributed by atoms with Crippen molar-refractivity contribution >= 4 is 0 Å². The van der Waals surface area contributed by atoms with Gasteiger partial charge in [0, 0.05) is 63.6 Å². The number of hydrogen-bond acceptors (Lipinski definition) is 4. The van der Waals surface area contributed by atoms with Gasteiger partial charge in [0.05, 0.1) is 6.20 Å². The lowest BCUT2D eigenvalue weighted by atomic mass is 10.0. The molecule has 0 aliphatic carbocycles. The summed E-state index contributed by atoms with van der Waals surface area (Å²) >= 11 is 0. The van der Waals surface area contributed by atoms with Gasteiger partial charge in [-0.3, -0.25) is 9.58 Å². The minimum absolute atomic E-state index is 0.492. The van der Waals surface area contributed by atoms with Gasteiger partial charge in [0.1, 0.15) is 0 Å². The Kier molecular flexibility index (Phi) is 5.66. The number of benzene rings is 1. The van der Waals surface area contributed by atoms with Gasteiger partial charge in [-0.2, -0.15) is 5.10 Å². The van der Waals surface area contributed by atoms with Crippen molar-refractivity contribution in [2.24, 2.45) is 7.05 Å². The van der Waals surface area contributed by atoms with E-state index in [-0.39, 0.29) is 0 Å². The minimum atomic E-state index is 0.492. The van der Waals surface area contributed by atoms with Gasteiger partial charge in [-0.05, 0) is 19.5 Å². The molecule has 1 saturated heterocycles. The van der Waals surface area contributed by atoms with E-state index in [9.17, 15) is 0 Å². The lowest BCUT2D eigenvalue weighted by Gasteiger charge is -2.40. The molecule has 1 aliphatic heterocycles. The molecule has 5 nitrogen and oxygen atoms in total. The number of aromatic nitrogens is 2. The number of hydrogen-bond donors (Lipinski definition) is 1. The van der Waals surface area contributed by atoms with Crippen molar-refractivity contribution < 1.29 is 0 Å². The first-order valence-corrected chi connectivity index (χ1v) is 8.81. The molecule has 1 N–H and O–H groups in total. The van der Waals surface area contributed by atoms with Crippen molar-refractivity contribution in [1.29, 1.82) is 0 Å². The van der Waals surface area contributed by atoms with Gasteiger partial charge in [-0.25, -0.2) is 0 Å². The van der Waals surface area contributed by atoms with E-state index >= 15 is 0 Å². The SMILES string of the molecule is Cc1c(CNCCN2CCN(C)CC2c2ccccc2)cnn1C. The molecule has 1 unspecified atom stereocenters. The van der Waals surface area contributed by atoms with Crippen LogP contribution in [0.5, 0.6) is 0 Å². The van der Waals surface area contributed by atoms with Crippen molar-refractivity contribution in [2.75, 3.05) is 39.8 Å². The molecular weight excluding hydrogens is 298 g/mol. The highest BCUT2D eigenvalue weighted by Gasteiger charge is 2.25. The Labute approximate surface area is 145 Å². The van der Waals surface area contributed by atoms with Crippen LogP contribution in [0.25, 0.3) is 0 Å². The van der Waals surface area contributed by atoms with Crippen molar-refractivity contribution in [3.63, 3.8) is 0 Å². The first-order valence-electron chi connectivity index (χ1n) is 8.81. The molecule has 0 spiro atoms. The van der Waals surface area contributed by atoms with Crippen LogP contribution in [0.15, 0.2) is 36.5 Å². The lowest BCUT2D eigenvalue weighted by molar-refractivity contribution is 0.0906. The van der Waals surface area contributed by atoms with Gasteiger partial charge >= 0.3 is 0 Å². The third-order valence-electron chi connectivity index (χ3n) is 5.11. The van der Waals surface area contributed by atoms with Crippen LogP contribution in [0.1, 0.15) is 22.9 Å². The number of nitrogens with zero attached hydrogens (tertiary/aromatic N) is 4. The Bertz CT molecular complexity index is 636. The summed E-state index contributed by atoms with van der Waals surface area (Å²) < 4.78 is 1.93. The maximum absolute atomic E-state index is 4.31. The van der Waals surface area contributed by atoms with E-state index in [4.69, 9.17) is 0 Å². The Hall–Kier alpha value is -1.69. The summed E-state index contributed by atoms with van der Waals surface area (Å²) in [5.41, 5.74) is 3.95. The van der Waals surface area contributed by atoms with Crippen LogP contribution < -0.4 is 5.32 Å². The molecule has 24 heavy (non-hydrogen) atoms. The number of likely N-dealkylation sites (N-methyl/N-ethyl adjacent to an activating group) is 1. The number of piperazine rings is 1. The summed E-state index contributed by atoms with van der Waals surface area (Å²) in [6.07, 6.45) is 1.96. The van der Waals surface area contributed by atoms with Crippen molar-refractivity contribution in [1.82, 2.24) is 24.9 Å². The summed E-state index contributed by atoms with van der Waals surface area (Å²) in [7, 11) is 4.21. The zero-order valence-electron chi connectivity index (χ0n) is 15.1. The van der Waals surface area contributed by atoms with E-state index < -0.39 is 0 Å². The zero-order valence-corrected chi connectivity index (χ0v) is 15.1. The second kappa shape index (κ2) is 7.92. The number of aryl methyl sites for hydroxylation is 1. The number of rotatable bonds is 6. The molecule has 0 amide bonds. The van der Waals surface area contributed by atoms with Crippen LogP contribution >= 0.6 is 0 Å². The third kappa shape index (κ3) is 4.04. The summed E-state index contributed by atoms with van der Waals surface area (Å²) in [4.78, 5) is 5.04. The summed E-state index contributed by atoms with van der Waals surface area (Å²) in [5.74, 6) is 0. The molecule has 1 atom stereocenters. The second-order valence-electron chi connectivity index (χ2n) is 6.78. The Morgan fingerprint density at radius 1 is 1.17 bits per heavy atom. The van der Waals surface area contributed by atoms with E-state index in [1.807, 2.05) is 17.9 Å². The van der Waals surface area contributed by atoms with E-state index in [1.54, 1.807) is 0 Å². The highest BCUT2D eigenvalue weighted by molar-refractivity contribution is 5.20. The average Bonchev–Trinajstić information content (AvgIpc) is 2.92. The molecule has 3 rings (SSSR count). The summed E-state index contributed by atoms with van der Waals surface area (Å²) in [6.45, 7) is 8.47. The monoisotopic (exact) mass is 327 g/mol. The zero-order chi connectivity index (χ0) is 16.9. The van der Waals surface area contributed by atoms with Gasteiger partial charge in [-0.15, -0.1) is 0 Å². The fraction of sp³-hybridized carbons (Fsp3) is 0.526. The summed E-state index contributed by atoms with van der Waals surface area (Å²) in [5, 5.41) is 7.88. The maximum atomic E-state index is 4.31. The van der Waals surface area contributed by atoms with Crippen LogP contribution in [-0.2, 0) is 13.6 Å². The van der Waals surface area contributed by atoms with Gasteiger partial charge in [0.2, 0.25) is 0 Å². The third-order valence-corrected chi connectivity index (χ3v) is 5.11. The summed E-state index contributed by atoms with van der Waals surface area (Å²) in [6, 6.07) is 11.4. The molecule has 130 valence electrons. The van der Waals surface area contributed by atoms with E-state index in [0.29, 0.717) is 6.04 Å². The van der Waals surface area contributed by atoms with Crippen molar-refractivity contribution in [3.05, 3.63) is 53.3 Å². The normalized spacial score (nSPS) is 19.7. The van der Waals surface area contributed by atoms with Crippen LogP contribution in [-0.4, -0.2) is 59.4 Å². The quantitative estimate of drug-likeness (QED) is 0.821. The Morgan fingerprint density at radius 2 is 1.96 bits per heavy atom. The standard InChI is InChI=1S/C19H29N5/c1-16-18(14-21-23(16)3)13-20-9-10-24-12-11-22(2)15-19(24)17-7-5-4-6-8-17/h4-8,14,19-20H,9-13,15H2,1-3H3. The van der Waals surface area contributed by atoms with Crippen LogP contribution in [0.3, 0.4) is 0 Å². The predicted octanol–water partition coefficient (Wildman–Crippen LogP) is 1.81. The maximum Gasteiger partial charge on any atom is 0.0537 e. The first kappa shape index (κ1) is 17.1. The van der Waals surface area contributed by atoms with Crippen molar-refractivity contribution in [2.45, 2.75) is 19.5 Å². The second-order valence-corrected chi connectivity index (χ2v) is 6.78. The number of nitrogens with one attached hydrogen (secondary N) is 1. The van der Waals surface area contributed by atoms with Crippen LogP contribution in [0.2, 0.25) is 0 Å². The fourth-order valence-corrected chi connectivity index (χ4v) is 3.38. The highest BCUT2D eigenvalue weighted by Crippen LogP contribution is 2.24. The smallest absolute Gasteiger partial charge is 0.0537 e. The van der Waals surface area contributed by atoms with E-state index in [0.717, 1.165) is 39.3 Å². The first-order chi connectivity index (χ1) is 11.6. The fourth-order valence-electron chi connectivity index (χ4n) is 3.38. The molecule has 1 aromatic carbocycles. The predicted molar refractivity (Wildman–Crippen MR) is 97.9 cm³/mol. The van der Waals surface area contributed by atoms with Crippen molar-refractivity contribution in [3.8, 4) is 0 Å². The molecule has 1 aliphatic rings. The van der Waals surface area contributed by atoms with E-state index in [1.165, 1.54) is 16.8 Å². The molecule has 0 radical (unpaired) electrons.